The zero-order chi connectivity index (χ0) is 15.0. The average Bonchev–Trinajstić information content (AvgIpc) is 2.38. The Hall–Kier alpha value is -1.46. The van der Waals surface area contributed by atoms with Gasteiger partial charge in [-0.05, 0) is 24.5 Å². The Morgan fingerprint density at radius 1 is 1.35 bits per heavy atom. The molecule has 1 amide bonds. The van der Waals surface area contributed by atoms with Gasteiger partial charge in [0.15, 0.2) is 0 Å². The average molecular weight is 294 g/mol. The molecule has 0 unspecified atom stereocenters. The summed E-state index contributed by atoms with van der Waals surface area (Å²) in [6.45, 7) is 5.40. The van der Waals surface area contributed by atoms with E-state index in [1.165, 1.54) is 0 Å². The topological polar surface area (TPSA) is 64.3 Å². The summed E-state index contributed by atoms with van der Waals surface area (Å²) < 4.78 is 5.42. The Bertz CT molecular complexity index is 461. The van der Waals surface area contributed by atoms with Crippen molar-refractivity contribution in [1.29, 1.82) is 0 Å². The van der Waals surface area contributed by atoms with E-state index in [0.717, 1.165) is 6.42 Å². The quantitative estimate of drug-likeness (QED) is 0.571. The van der Waals surface area contributed by atoms with Crippen LogP contribution in [0.4, 0.5) is 5.69 Å². The predicted octanol–water partition coefficient (Wildman–Crippen LogP) is 2.71. The minimum absolute atomic E-state index is 0.0988. The van der Waals surface area contributed by atoms with Crippen molar-refractivity contribution in [2.45, 2.75) is 26.7 Å². The summed E-state index contributed by atoms with van der Waals surface area (Å²) in [5, 5.41) is 2.81. The standard InChI is InChI=1S/C15H22N2O2S/c1-11(2)7-9-19-10-8-14(18)17-13-6-4-3-5-12(13)15(16)20/h3-6,11H,7-10H2,1-2H3,(H2,16,20)(H,17,18). The van der Waals surface area contributed by atoms with Crippen LogP contribution >= 0.6 is 12.2 Å². The van der Waals surface area contributed by atoms with Gasteiger partial charge in [0.25, 0.3) is 0 Å². The Kier molecular flexibility index (Phi) is 7.18. The normalized spacial score (nSPS) is 10.6. The molecule has 1 rings (SSSR count). The zero-order valence-corrected chi connectivity index (χ0v) is 12.8. The van der Waals surface area contributed by atoms with Crippen LogP contribution in [0.5, 0.6) is 0 Å². The first-order valence-corrected chi connectivity index (χ1v) is 7.18. The van der Waals surface area contributed by atoms with Gasteiger partial charge in [0.2, 0.25) is 5.91 Å². The molecule has 110 valence electrons. The third kappa shape index (κ3) is 6.12. The first-order chi connectivity index (χ1) is 9.50. The SMILES string of the molecule is CC(C)CCOCCC(=O)Nc1ccccc1C(N)=S. The second kappa shape index (κ2) is 8.66. The maximum atomic E-state index is 11.8. The van der Waals surface area contributed by atoms with E-state index in [0.29, 0.717) is 36.8 Å². The molecule has 0 aromatic heterocycles. The van der Waals surface area contributed by atoms with Crippen molar-refractivity contribution in [2.75, 3.05) is 18.5 Å². The van der Waals surface area contributed by atoms with Crippen LogP contribution < -0.4 is 11.1 Å². The van der Waals surface area contributed by atoms with E-state index in [1.54, 1.807) is 12.1 Å². The van der Waals surface area contributed by atoms with Gasteiger partial charge in [-0.25, -0.2) is 0 Å². The molecule has 0 fully saturated rings. The van der Waals surface area contributed by atoms with Gasteiger partial charge in [-0.2, -0.15) is 0 Å². The highest BCUT2D eigenvalue weighted by Crippen LogP contribution is 2.15. The summed E-state index contributed by atoms with van der Waals surface area (Å²) in [6.07, 6.45) is 1.33. The smallest absolute Gasteiger partial charge is 0.226 e. The maximum Gasteiger partial charge on any atom is 0.226 e. The van der Waals surface area contributed by atoms with Crippen LogP contribution in [0.1, 0.15) is 32.3 Å². The molecule has 20 heavy (non-hydrogen) atoms. The summed E-state index contributed by atoms with van der Waals surface area (Å²) in [4.78, 5) is 12.1. The lowest BCUT2D eigenvalue weighted by molar-refractivity contribution is -0.117. The number of hydrogen-bond donors (Lipinski definition) is 2. The van der Waals surface area contributed by atoms with E-state index in [-0.39, 0.29) is 10.9 Å². The maximum absolute atomic E-state index is 11.8. The number of carbonyl (C=O) groups is 1. The summed E-state index contributed by atoms with van der Waals surface area (Å²) >= 11 is 4.95. The number of thiocarbonyl (C=S) groups is 1. The van der Waals surface area contributed by atoms with Gasteiger partial charge in [-0.1, -0.05) is 38.2 Å². The van der Waals surface area contributed by atoms with Crippen LogP contribution in [0.25, 0.3) is 0 Å². The predicted molar refractivity (Wildman–Crippen MR) is 85.9 cm³/mol. The van der Waals surface area contributed by atoms with Crippen molar-refractivity contribution in [3.8, 4) is 0 Å². The fraction of sp³-hybridized carbons (Fsp3) is 0.467. The molecule has 0 aliphatic rings. The number of ether oxygens (including phenoxy) is 1. The number of hydrogen-bond acceptors (Lipinski definition) is 3. The van der Waals surface area contributed by atoms with Crippen molar-refractivity contribution in [3.05, 3.63) is 29.8 Å². The number of rotatable bonds is 8. The summed E-state index contributed by atoms with van der Waals surface area (Å²) in [5.74, 6) is 0.513. The summed E-state index contributed by atoms with van der Waals surface area (Å²) in [6, 6.07) is 7.23. The monoisotopic (exact) mass is 294 g/mol. The molecule has 0 radical (unpaired) electrons. The van der Waals surface area contributed by atoms with E-state index in [2.05, 4.69) is 19.2 Å². The van der Waals surface area contributed by atoms with E-state index < -0.39 is 0 Å². The van der Waals surface area contributed by atoms with Crippen LogP contribution in [0, 0.1) is 5.92 Å². The molecule has 0 spiro atoms. The first-order valence-electron chi connectivity index (χ1n) is 6.77. The molecule has 0 saturated carbocycles. The molecule has 0 aliphatic carbocycles. The fourth-order valence-electron chi connectivity index (χ4n) is 1.61. The molecule has 5 heteroatoms. The van der Waals surface area contributed by atoms with Crippen molar-refractivity contribution in [1.82, 2.24) is 0 Å². The Morgan fingerprint density at radius 2 is 2.05 bits per heavy atom. The first kappa shape index (κ1) is 16.6. The molecular formula is C15H22N2O2S. The minimum atomic E-state index is -0.0988. The lowest BCUT2D eigenvalue weighted by Gasteiger charge is -2.10. The van der Waals surface area contributed by atoms with Crippen LogP contribution in [-0.2, 0) is 9.53 Å². The van der Waals surface area contributed by atoms with E-state index in [1.807, 2.05) is 12.1 Å². The highest BCUT2D eigenvalue weighted by Gasteiger charge is 2.08. The summed E-state index contributed by atoms with van der Waals surface area (Å²) in [5.41, 5.74) is 6.94. The second-order valence-electron chi connectivity index (χ2n) is 5.00. The number of carbonyl (C=O) groups excluding carboxylic acids is 1. The van der Waals surface area contributed by atoms with Crippen LogP contribution in [0.2, 0.25) is 0 Å². The van der Waals surface area contributed by atoms with Gasteiger partial charge < -0.3 is 15.8 Å². The Labute approximate surface area is 125 Å². The molecule has 1 aromatic carbocycles. The number of para-hydroxylation sites is 1. The number of amides is 1. The van der Waals surface area contributed by atoms with E-state index in [4.69, 9.17) is 22.7 Å². The number of nitrogens with one attached hydrogen (secondary N) is 1. The molecule has 0 saturated heterocycles. The Morgan fingerprint density at radius 3 is 2.70 bits per heavy atom. The molecule has 0 aliphatic heterocycles. The third-order valence-corrected chi connectivity index (χ3v) is 3.00. The number of anilines is 1. The van der Waals surface area contributed by atoms with Gasteiger partial charge in [0.05, 0.1) is 18.7 Å². The molecule has 4 nitrogen and oxygen atoms in total. The highest BCUT2D eigenvalue weighted by atomic mass is 32.1. The molecule has 3 N–H and O–H groups in total. The van der Waals surface area contributed by atoms with Gasteiger partial charge in [0, 0.05) is 12.2 Å². The minimum Gasteiger partial charge on any atom is -0.389 e. The lowest BCUT2D eigenvalue weighted by atomic mass is 10.1. The third-order valence-electron chi connectivity index (χ3n) is 2.78. The summed E-state index contributed by atoms with van der Waals surface area (Å²) in [7, 11) is 0. The van der Waals surface area contributed by atoms with E-state index >= 15 is 0 Å². The van der Waals surface area contributed by atoms with Crippen molar-refractivity contribution < 1.29 is 9.53 Å². The Balaban J connectivity index is 2.37. The van der Waals surface area contributed by atoms with Gasteiger partial charge >= 0.3 is 0 Å². The molecule has 0 bridgehead atoms. The largest absolute Gasteiger partial charge is 0.389 e. The van der Waals surface area contributed by atoms with Crippen LogP contribution in [-0.4, -0.2) is 24.1 Å². The molecule has 0 heterocycles. The van der Waals surface area contributed by atoms with Crippen molar-refractivity contribution >= 4 is 28.8 Å². The molecule has 0 atom stereocenters. The van der Waals surface area contributed by atoms with Crippen LogP contribution in [0.3, 0.4) is 0 Å². The molecular weight excluding hydrogens is 272 g/mol. The number of benzene rings is 1. The lowest BCUT2D eigenvalue weighted by Crippen LogP contribution is -2.18. The van der Waals surface area contributed by atoms with Gasteiger partial charge in [0.1, 0.15) is 4.99 Å². The van der Waals surface area contributed by atoms with E-state index in [9.17, 15) is 4.79 Å². The van der Waals surface area contributed by atoms with Crippen molar-refractivity contribution in [2.24, 2.45) is 11.7 Å². The van der Waals surface area contributed by atoms with Gasteiger partial charge in [-0.3, -0.25) is 4.79 Å². The highest BCUT2D eigenvalue weighted by molar-refractivity contribution is 7.80. The zero-order valence-electron chi connectivity index (χ0n) is 12.0. The van der Waals surface area contributed by atoms with Crippen LogP contribution in [0.15, 0.2) is 24.3 Å². The van der Waals surface area contributed by atoms with Crippen molar-refractivity contribution in [3.63, 3.8) is 0 Å². The molecule has 1 aromatic rings. The second-order valence-corrected chi connectivity index (χ2v) is 5.44. The fourth-order valence-corrected chi connectivity index (χ4v) is 1.78. The number of nitrogens with two attached hydrogens (primary N) is 1. The van der Waals surface area contributed by atoms with Gasteiger partial charge in [-0.15, -0.1) is 0 Å².